The number of carbonyl (C=O) groups excluding carboxylic acids is 1. The van der Waals surface area contributed by atoms with Gasteiger partial charge in [-0.3, -0.25) is 14.2 Å². The maximum absolute atomic E-state index is 13.2. The maximum Gasteiger partial charge on any atom is 0.265 e. The molecule has 0 saturated heterocycles. The number of aromatic nitrogens is 4. The molecule has 1 atom stereocenters. The highest BCUT2D eigenvalue weighted by molar-refractivity contribution is 7.99. The van der Waals surface area contributed by atoms with Crippen LogP contribution in [0.15, 0.2) is 40.4 Å². The minimum atomic E-state index is -0.339. The topological polar surface area (TPSA) is 81.8 Å². The van der Waals surface area contributed by atoms with E-state index in [4.69, 9.17) is 0 Å². The second kappa shape index (κ2) is 7.29. The van der Waals surface area contributed by atoms with Gasteiger partial charge in [-0.1, -0.05) is 24.6 Å². The minimum absolute atomic E-state index is 0.00986. The van der Waals surface area contributed by atoms with Crippen LogP contribution in [0.2, 0.25) is 0 Å². The molecule has 1 aliphatic heterocycles. The van der Waals surface area contributed by atoms with Gasteiger partial charge in [0.05, 0.1) is 17.9 Å². The summed E-state index contributed by atoms with van der Waals surface area (Å²) in [5.74, 6) is 0.287. The van der Waals surface area contributed by atoms with Crippen LogP contribution in [0.5, 0.6) is 0 Å². The number of carbonyl (C=O) groups is 1. The Hall–Kier alpha value is -2.68. The van der Waals surface area contributed by atoms with Crippen LogP contribution in [-0.2, 0) is 4.79 Å². The molecule has 3 heterocycles. The van der Waals surface area contributed by atoms with E-state index >= 15 is 0 Å². The van der Waals surface area contributed by atoms with Crippen molar-refractivity contribution in [1.82, 2.24) is 24.6 Å². The van der Waals surface area contributed by atoms with Gasteiger partial charge in [0.15, 0.2) is 10.8 Å². The molecule has 7 nitrogen and oxygen atoms in total. The molecule has 0 bridgehead atoms. The van der Waals surface area contributed by atoms with Crippen LogP contribution >= 0.6 is 11.8 Å². The summed E-state index contributed by atoms with van der Waals surface area (Å²) < 4.78 is 16.4. The standard InChI is InChI=1S/C20H20FN5O2S/c21-12-5-7-14(8-6-12)26-18-16(10-22-26)19(28)25-15(11-29-20(25)24-18)9-17(27)23-13-3-1-2-4-13/h5-8,10,13,15H,1-4,9,11H2,(H,23,27). The molecule has 0 spiro atoms. The highest BCUT2D eigenvalue weighted by Crippen LogP contribution is 2.33. The third-order valence-corrected chi connectivity index (χ3v) is 6.68. The van der Waals surface area contributed by atoms with Crippen molar-refractivity contribution >= 4 is 28.7 Å². The number of hydrogen-bond acceptors (Lipinski definition) is 5. The molecule has 1 saturated carbocycles. The summed E-state index contributed by atoms with van der Waals surface area (Å²) >= 11 is 1.47. The van der Waals surface area contributed by atoms with Crippen LogP contribution in [0.4, 0.5) is 4.39 Å². The van der Waals surface area contributed by atoms with Crippen molar-refractivity contribution in [3.63, 3.8) is 0 Å². The summed E-state index contributed by atoms with van der Waals surface area (Å²) in [4.78, 5) is 30.2. The van der Waals surface area contributed by atoms with Crippen LogP contribution in [0, 0.1) is 5.82 Å². The second-order valence-electron chi connectivity index (χ2n) is 7.56. The van der Waals surface area contributed by atoms with Crippen molar-refractivity contribution in [3.05, 3.63) is 46.6 Å². The average Bonchev–Trinajstić information content (AvgIpc) is 3.43. The van der Waals surface area contributed by atoms with Gasteiger partial charge in [0.2, 0.25) is 5.91 Å². The fourth-order valence-electron chi connectivity index (χ4n) is 4.12. The fraction of sp³-hybridized carbons (Fsp3) is 0.400. The van der Waals surface area contributed by atoms with Crippen molar-refractivity contribution in [2.24, 2.45) is 0 Å². The summed E-state index contributed by atoms with van der Waals surface area (Å²) in [5, 5.41) is 8.35. The molecule has 0 radical (unpaired) electrons. The van der Waals surface area contributed by atoms with Gasteiger partial charge in [-0.15, -0.1) is 0 Å². The zero-order chi connectivity index (χ0) is 20.0. The van der Waals surface area contributed by atoms with Crippen molar-refractivity contribution < 1.29 is 9.18 Å². The maximum atomic E-state index is 13.2. The number of hydrogen-bond donors (Lipinski definition) is 1. The van der Waals surface area contributed by atoms with Gasteiger partial charge in [-0.2, -0.15) is 5.10 Å². The van der Waals surface area contributed by atoms with E-state index in [-0.39, 0.29) is 35.8 Å². The van der Waals surface area contributed by atoms with E-state index in [9.17, 15) is 14.0 Å². The molecular formula is C20H20FN5O2S. The average molecular weight is 413 g/mol. The Morgan fingerprint density at radius 1 is 1.24 bits per heavy atom. The zero-order valence-electron chi connectivity index (χ0n) is 15.7. The Labute approximate surface area is 170 Å². The number of nitrogens with zero attached hydrogens (tertiary/aromatic N) is 4. The normalized spacial score (nSPS) is 19.0. The Bertz CT molecular complexity index is 1130. The molecular weight excluding hydrogens is 393 g/mol. The lowest BCUT2D eigenvalue weighted by molar-refractivity contribution is -0.122. The van der Waals surface area contributed by atoms with E-state index in [2.05, 4.69) is 15.4 Å². The molecule has 5 rings (SSSR count). The van der Waals surface area contributed by atoms with Crippen LogP contribution in [0.1, 0.15) is 38.1 Å². The first kappa shape index (κ1) is 18.4. The number of amides is 1. The number of nitrogens with one attached hydrogen (secondary N) is 1. The van der Waals surface area contributed by atoms with Crippen LogP contribution in [0.3, 0.4) is 0 Å². The lowest BCUT2D eigenvalue weighted by Gasteiger charge is -2.16. The predicted molar refractivity (Wildman–Crippen MR) is 108 cm³/mol. The number of halogens is 1. The SMILES string of the molecule is O=C(CC1CSc2nc3c(cnn3-c3ccc(F)cc3)c(=O)n21)NC1CCCC1. The molecule has 1 unspecified atom stereocenters. The van der Waals surface area contributed by atoms with E-state index in [0.29, 0.717) is 27.6 Å². The van der Waals surface area contributed by atoms with Crippen molar-refractivity contribution in [1.29, 1.82) is 0 Å². The van der Waals surface area contributed by atoms with Gasteiger partial charge in [0.1, 0.15) is 11.2 Å². The van der Waals surface area contributed by atoms with Gasteiger partial charge < -0.3 is 5.32 Å². The van der Waals surface area contributed by atoms with Gasteiger partial charge in [0.25, 0.3) is 5.56 Å². The minimum Gasteiger partial charge on any atom is -0.353 e. The largest absolute Gasteiger partial charge is 0.353 e. The summed E-state index contributed by atoms with van der Waals surface area (Å²) in [6.07, 6.45) is 6.15. The summed E-state index contributed by atoms with van der Waals surface area (Å²) in [5.41, 5.74) is 0.882. The van der Waals surface area contributed by atoms with E-state index in [1.807, 2.05) is 0 Å². The summed E-state index contributed by atoms with van der Waals surface area (Å²) in [7, 11) is 0. The smallest absolute Gasteiger partial charge is 0.265 e. The van der Waals surface area contributed by atoms with E-state index < -0.39 is 0 Å². The predicted octanol–water partition coefficient (Wildman–Crippen LogP) is 2.82. The fourth-order valence-corrected chi connectivity index (χ4v) is 5.25. The number of fused-ring (bicyclic) bond motifs is 2. The van der Waals surface area contributed by atoms with Gasteiger partial charge in [-0.05, 0) is 37.1 Å². The van der Waals surface area contributed by atoms with Gasteiger partial charge in [-0.25, -0.2) is 14.1 Å². The summed E-state index contributed by atoms with van der Waals surface area (Å²) in [6.45, 7) is 0. The zero-order valence-corrected chi connectivity index (χ0v) is 16.5. The lowest BCUT2D eigenvalue weighted by atomic mass is 10.2. The third-order valence-electron chi connectivity index (χ3n) is 5.58. The van der Waals surface area contributed by atoms with Crippen molar-refractivity contribution in [2.45, 2.75) is 49.3 Å². The third kappa shape index (κ3) is 3.33. The first-order chi connectivity index (χ1) is 14.1. The van der Waals surface area contributed by atoms with E-state index in [1.54, 1.807) is 16.7 Å². The van der Waals surface area contributed by atoms with Crippen molar-refractivity contribution in [3.8, 4) is 5.69 Å². The van der Waals surface area contributed by atoms with E-state index in [1.165, 1.54) is 34.8 Å². The molecule has 2 aliphatic rings. The van der Waals surface area contributed by atoms with Gasteiger partial charge >= 0.3 is 0 Å². The molecule has 9 heteroatoms. The molecule has 3 aromatic rings. The molecule has 2 aromatic heterocycles. The molecule has 1 fully saturated rings. The second-order valence-corrected chi connectivity index (χ2v) is 8.54. The highest BCUT2D eigenvalue weighted by atomic mass is 32.2. The number of thioether (sulfide) groups is 1. The Morgan fingerprint density at radius 3 is 2.76 bits per heavy atom. The Kier molecular flexibility index (Phi) is 4.61. The van der Waals surface area contributed by atoms with E-state index in [0.717, 1.165) is 25.7 Å². The molecule has 29 heavy (non-hydrogen) atoms. The van der Waals surface area contributed by atoms with Crippen molar-refractivity contribution in [2.75, 3.05) is 5.75 Å². The molecule has 1 aliphatic carbocycles. The Balaban J connectivity index is 1.45. The molecule has 1 amide bonds. The number of rotatable bonds is 4. The molecule has 1 aromatic carbocycles. The molecule has 150 valence electrons. The van der Waals surface area contributed by atoms with Gasteiger partial charge in [0, 0.05) is 18.2 Å². The quantitative estimate of drug-likeness (QED) is 0.665. The molecule has 1 N–H and O–H groups in total. The highest BCUT2D eigenvalue weighted by Gasteiger charge is 2.30. The summed E-state index contributed by atoms with van der Waals surface area (Å²) in [6, 6.07) is 5.93. The lowest BCUT2D eigenvalue weighted by Crippen LogP contribution is -2.35. The monoisotopic (exact) mass is 413 g/mol. The first-order valence-electron chi connectivity index (χ1n) is 9.78. The Morgan fingerprint density at radius 2 is 2.00 bits per heavy atom. The van der Waals surface area contributed by atoms with Crippen LogP contribution < -0.4 is 10.9 Å². The van der Waals surface area contributed by atoms with Crippen LogP contribution in [-0.4, -0.2) is 37.0 Å². The first-order valence-corrected chi connectivity index (χ1v) is 10.8. The van der Waals surface area contributed by atoms with Crippen LogP contribution in [0.25, 0.3) is 16.7 Å². The number of benzene rings is 1.